The van der Waals surface area contributed by atoms with Crippen molar-refractivity contribution in [3.05, 3.63) is 23.8 Å². The molecule has 166 valence electrons. The number of carbonyl (C=O) groups is 2. The number of nitrogens with two attached hydrogens (primary N) is 1. The van der Waals surface area contributed by atoms with Gasteiger partial charge in [0.2, 0.25) is 5.91 Å². The van der Waals surface area contributed by atoms with Crippen LogP contribution in [-0.4, -0.2) is 66.5 Å². The van der Waals surface area contributed by atoms with E-state index in [1.807, 2.05) is 9.80 Å². The number of halogens is 1. The molecule has 3 aliphatic rings. The molecule has 1 aromatic carbocycles. The van der Waals surface area contributed by atoms with Gasteiger partial charge < -0.3 is 25.0 Å². The predicted octanol–water partition coefficient (Wildman–Crippen LogP) is 2.60. The Kier molecular flexibility index (Phi) is 7.14. The zero-order valence-corrected chi connectivity index (χ0v) is 18.4. The molecule has 0 radical (unpaired) electrons. The third kappa shape index (κ3) is 4.10. The molecule has 2 N–H and O–H groups in total. The van der Waals surface area contributed by atoms with Gasteiger partial charge in [0.25, 0.3) is 5.91 Å². The molecule has 1 aliphatic carbocycles. The number of methoxy groups -OCH3 is 1. The molecule has 1 spiro atoms. The molecule has 3 fully saturated rings. The maximum Gasteiger partial charge on any atom is 0.254 e. The van der Waals surface area contributed by atoms with E-state index < -0.39 is 5.54 Å². The lowest BCUT2D eigenvalue weighted by Crippen LogP contribution is -2.61. The Morgan fingerprint density at radius 2 is 1.93 bits per heavy atom. The maximum absolute atomic E-state index is 13.5. The van der Waals surface area contributed by atoms with Gasteiger partial charge in [0.1, 0.15) is 5.54 Å². The molecule has 1 atom stereocenters. The van der Waals surface area contributed by atoms with E-state index in [2.05, 4.69) is 0 Å². The summed E-state index contributed by atoms with van der Waals surface area (Å²) in [7, 11) is 1.58. The average molecular weight is 438 g/mol. The first-order valence-corrected chi connectivity index (χ1v) is 10.7. The normalized spacial score (nSPS) is 23.5. The molecule has 30 heavy (non-hydrogen) atoms. The van der Waals surface area contributed by atoms with Crippen LogP contribution >= 0.6 is 12.4 Å². The second-order valence-electron chi connectivity index (χ2n) is 8.28. The first kappa shape index (κ1) is 22.7. The van der Waals surface area contributed by atoms with Crippen LogP contribution in [0.1, 0.15) is 55.3 Å². The number of hydrogen-bond acceptors (Lipinski definition) is 5. The fourth-order valence-electron chi connectivity index (χ4n) is 4.75. The van der Waals surface area contributed by atoms with Gasteiger partial charge in [-0.15, -0.1) is 12.4 Å². The van der Waals surface area contributed by atoms with E-state index in [1.165, 1.54) is 0 Å². The molecule has 2 amide bonds. The van der Waals surface area contributed by atoms with E-state index in [1.54, 1.807) is 25.3 Å². The van der Waals surface area contributed by atoms with Crippen molar-refractivity contribution in [3.8, 4) is 11.5 Å². The van der Waals surface area contributed by atoms with Crippen molar-refractivity contribution < 1.29 is 19.1 Å². The van der Waals surface area contributed by atoms with Gasteiger partial charge in [0, 0.05) is 24.7 Å². The summed E-state index contributed by atoms with van der Waals surface area (Å²) in [6, 6.07) is 5.64. The predicted molar refractivity (Wildman–Crippen MR) is 116 cm³/mol. The molecule has 0 aromatic heterocycles. The number of piperidine rings is 1. The van der Waals surface area contributed by atoms with Crippen molar-refractivity contribution in [2.24, 2.45) is 5.73 Å². The molecule has 7 nitrogen and oxygen atoms in total. The van der Waals surface area contributed by atoms with Gasteiger partial charge in [0.15, 0.2) is 11.5 Å². The van der Waals surface area contributed by atoms with E-state index in [-0.39, 0.29) is 24.2 Å². The Hall–Kier alpha value is -1.99. The van der Waals surface area contributed by atoms with Gasteiger partial charge in [0.05, 0.1) is 13.7 Å². The highest BCUT2D eigenvalue weighted by atomic mass is 35.5. The lowest BCUT2D eigenvalue weighted by molar-refractivity contribution is -0.146. The van der Waals surface area contributed by atoms with Crippen LogP contribution in [-0.2, 0) is 4.79 Å². The number of carbonyl (C=O) groups excluding carboxylic acids is 2. The lowest BCUT2D eigenvalue weighted by atomic mass is 9.85. The molecule has 1 unspecified atom stereocenters. The van der Waals surface area contributed by atoms with E-state index in [0.29, 0.717) is 42.8 Å². The fourth-order valence-corrected chi connectivity index (χ4v) is 4.75. The standard InChI is InChI=1S/C22H31N3O4.ClH/c1-28-18-8-5-16(15-19(18)29-14-4-11-23)20(26)25-13-3-10-22(25)9-2-12-24(21(22)27)17-6-7-17;/h5,8,15,17H,2-4,6-7,9-14,23H2,1H3;1H. The van der Waals surface area contributed by atoms with Crippen LogP contribution in [0.25, 0.3) is 0 Å². The van der Waals surface area contributed by atoms with Crippen molar-refractivity contribution in [2.45, 2.75) is 56.5 Å². The summed E-state index contributed by atoms with van der Waals surface area (Å²) in [6.45, 7) is 2.46. The molecule has 2 aliphatic heterocycles. The minimum absolute atomic E-state index is 0. The highest BCUT2D eigenvalue weighted by Gasteiger charge is 2.54. The van der Waals surface area contributed by atoms with E-state index in [4.69, 9.17) is 15.2 Å². The SMILES string of the molecule is COc1ccc(C(=O)N2CCCC23CCCN(C2CC2)C3=O)cc1OCCCN.Cl. The van der Waals surface area contributed by atoms with Gasteiger partial charge in [-0.2, -0.15) is 0 Å². The Morgan fingerprint density at radius 3 is 2.60 bits per heavy atom. The zero-order valence-electron chi connectivity index (χ0n) is 17.6. The molecular formula is C22H32ClN3O4. The Bertz CT molecular complexity index is 786. The average Bonchev–Trinajstić information content (AvgIpc) is 3.50. The molecule has 4 rings (SSSR count). The van der Waals surface area contributed by atoms with Crippen molar-refractivity contribution >= 4 is 24.2 Å². The van der Waals surface area contributed by atoms with Crippen LogP contribution in [0.3, 0.4) is 0 Å². The Labute approximate surface area is 184 Å². The summed E-state index contributed by atoms with van der Waals surface area (Å²) in [5, 5.41) is 0. The van der Waals surface area contributed by atoms with Crippen LogP contribution in [0.15, 0.2) is 18.2 Å². The fraction of sp³-hybridized carbons (Fsp3) is 0.636. The van der Waals surface area contributed by atoms with Crippen molar-refractivity contribution in [3.63, 3.8) is 0 Å². The van der Waals surface area contributed by atoms with Gasteiger partial charge in [-0.25, -0.2) is 0 Å². The molecule has 0 bridgehead atoms. The van der Waals surface area contributed by atoms with Crippen LogP contribution in [0.5, 0.6) is 11.5 Å². The smallest absolute Gasteiger partial charge is 0.254 e. The first-order chi connectivity index (χ1) is 14.1. The number of ether oxygens (including phenoxy) is 2. The Balaban J connectivity index is 0.00000256. The van der Waals surface area contributed by atoms with Gasteiger partial charge in [-0.1, -0.05) is 0 Å². The third-order valence-electron chi connectivity index (χ3n) is 6.39. The maximum atomic E-state index is 13.5. The molecule has 1 aromatic rings. The largest absolute Gasteiger partial charge is 0.493 e. The van der Waals surface area contributed by atoms with Crippen LogP contribution in [0, 0.1) is 0 Å². The number of hydrogen-bond donors (Lipinski definition) is 1. The molecule has 8 heteroatoms. The number of rotatable bonds is 7. The Morgan fingerprint density at radius 1 is 1.20 bits per heavy atom. The van der Waals surface area contributed by atoms with E-state index in [0.717, 1.165) is 51.5 Å². The number of nitrogens with zero attached hydrogens (tertiary/aromatic N) is 2. The number of likely N-dealkylation sites (tertiary alicyclic amines) is 2. The molecular weight excluding hydrogens is 406 g/mol. The number of benzene rings is 1. The monoisotopic (exact) mass is 437 g/mol. The minimum atomic E-state index is -0.668. The molecule has 1 saturated carbocycles. The zero-order chi connectivity index (χ0) is 20.4. The first-order valence-electron chi connectivity index (χ1n) is 10.7. The van der Waals surface area contributed by atoms with Crippen LogP contribution in [0.2, 0.25) is 0 Å². The second kappa shape index (κ2) is 9.43. The van der Waals surface area contributed by atoms with Crippen molar-refractivity contribution in [1.82, 2.24) is 9.80 Å². The third-order valence-corrected chi connectivity index (χ3v) is 6.39. The number of amides is 2. The van der Waals surface area contributed by atoms with Crippen molar-refractivity contribution in [2.75, 3.05) is 33.4 Å². The summed E-state index contributed by atoms with van der Waals surface area (Å²) in [5.41, 5.74) is 5.41. The van der Waals surface area contributed by atoms with Crippen LogP contribution < -0.4 is 15.2 Å². The highest BCUT2D eigenvalue weighted by Crippen LogP contribution is 2.42. The highest BCUT2D eigenvalue weighted by molar-refractivity contribution is 6.00. The van der Waals surface area contributed by atoms with Gasteiger partial charge >= 0.3 is 0 Å². The summed E-state index contributed by atoms with van der Waals surface area (Å²) in [5.74, 6) is 1.18. The van der Waals surface area contributed by atoms with E-state index >= 15 is 0 Å². The second-order valence-corrected chi connectivity index (χ2v) is 8.28. The topological polar surface area (TPSA) is 85.1 Å². The van der Waals surface area contributed by atoms with E-state index in [9.17, 15) is 9.59 Å². The van der Waals surface area contributed by atoms with Gasteiger partial charge in [-0.3, -0.25) is 9.59 Å². The van der Waals surface area contributed by atoms with Crippen LogP contribution in [0.4, 0.5) is 0 Å². The summed E-state index contributed by atoms with van der Waals surface area (Å²) < 4.78 is 11.2. The van der Waals surface area contributed by atoms with Gasteiger partial charge in [-0.05, 0) is 69.7 Å². The summed E-state index contributed by atoms with van der Waals surface area (Å²) in [6.07, 6.45) is 6.26. The summed E-state index contributed by atoms with van der Waals surface area (Å²) in [4.78, 5) is 30.7. The molecule has 2 heterocycles. The molecule has 2 saturated heterocycles. The minimum Gasteiger partial charge on any atom is -0.493 e. The lowest BCUT2D eigenvalue weighted by Gasteiger charge is -2.44. The summed E-state index contributed by atoms with van der Waals surface area (Å²) >= 11 is 0. The quantitative estimate of drug-likeness (QED) is 0.663. The van der Waals surface area contributed by atoms with Crippen molar-refractivity contribution in [1.29, 1.82) is 0 Å².